The lowest BCUT2D eigenvalue weighted by Crippen LogP contribution is -2.42. The van der Waals surface area contributed by atoms with Crippen LogP contribution < -0.4 is 18.9 Å². The number of hydrogen-bond acceptors (Lipinski definition) is 15. The van der Waals surface area contributed by atoms with Crippen molar-refractivity contribution in [3.05, 3.63) is 180 Å². The Kier molecular flexibility index (Phi) is 21.3. The molecule has 3 heterocycles. The van der Waals surface area contributed by atoms with Gasteiger partial charge >= 0.3 is 17.9 Å². The quantitative estimate of drug-likeness (QED) is 0.0194. The van der Waals surface area contributed by atoms with Gasteiger partial charge in [0, 0.05) is 53.4 Å². The highest BCUT2D eigenvalue weighted by Gasteiger charge is 2.56. The Labute approximate surface area is 550 Å². The van der Waals surface area contributed by atoms with Crippen molar-refractivity contribution in [2.75, 3.05) is 34.0 Å². The first-order chi connectivity index (χ1) is 43.1. The maximum atomic E-state index is 15.2. The molecule has 0 bridgehead atoms. The van der Waals surface area contributed by atoms with Crippen LogP contribution in [0.4, 0.5) is 0 Å². The van der Waals surface area contributed by atoms with Gasteiger partial charge in [-0.25, -0.2) is 14.3 Å². The summed E-state index contributed by atoms with van der Waals surface area (Å²) in [6, 6.07) is 35.3. The molecule has 3 aliphatic heterocycles. The van der Waals surface area contributed by atoms with Gasteiger partial charge in [-0.2, -0.15) is 5.26 Å². The van der Waals surface area contributed by atoms with Gasteiger partial charge < -0.3 is 47.1 Å². The predicted octanol–water partition coefficient (Wildman–Crippen LogP) is 16.4. The molecule has 1 spiro atoms. The number of benzene rings is 6. The summed E-state index contributed by atoms with van der Waals surface area (Å²) in [6.45, 7) is 21.0. The Balaban J connectivity index is 1.08. The van der Waals surface area contributed by atoms with E-state index < -0.39 is 60.8 Å². The summed E-state index contributed by atoms with van der Waals surface area (Å²) < 4.78 is 59.7. The second-order valence-corrected chi connectivity index (χ2v) is 28.2. The molecule has 20 heteroatoms. The number of esters is 3. The molecule has 6 aromatic carbocycles. The van der Waals surface area contributed by atoms with Crippen molar-refractivity contribution in [1.29, 1.82) is 5.26 Å². The van der Waals surface area contributed by atoms with E-state index in [-0.39, 0.29) is 100 Å². The number of amides is 1. The molecule has 1 fully saturated rings. The average Bonchev–Trinajstić information content (AvgIpc) is 1.64. The highest BCUT2D eigenvalue weighted by Crippen LogP contribution is 2.60. The van der Waals surface area contributed by atoms with Gasteiger partial charge in [0.2, 0.25) is 5.91 Å². The Morgan fingerprint density at radius 3 is 1.98 bits per heavy atom. The molecule has 1 amide bonds. The van der Waals surface area contributed by atoms with E-state index in [0.29, 0.717) is 58.6 Å². The van der Waals surface area contributed by atoms with Crippen LogP contribution in [-0.2, 0) is 50.5 Å². The number of fused-ring (bicyclic) bond motifs is 6. The number of unbranched alkanes of at least 4 members (excludes halogenated alkanes) is 1. The molecular weight excluding hydrogens is 1240 g/mol. The third-order valence-electron chi connectivity index (χ3n) is 16.3. The van der Waals surface area contributed by atoms with E-state index in [1.165, 1.54) is 12.1 Å². The van der Waals surface area contributed by atoms with Crippen molar-refractivity contribution < 1.29 is 61.4 Å². The predicted molar refractivity (Wildman–Crippen MR) is 351 cm³/mol. The first kappa shape index (κ1) is 68.6. The minimum Gasteiger partial charge on any atom is -0.497 e. The molecule has 2 unspecified atom stereocenters. The van der Waals surface area contributed by atoms with Crippen LogP contribution in [0.3, 0.4) is 0 Å². The fourth-order valence-corrected chi connectivity index (χ4v) is 14.4. The number of halogens is 3. The van der Waals surface area contributed by atoms with Crippen molar-refractivity contribution in [3.63, 3.8) is 0 Å². The zero-order valence-corrected chi connectivity index (χ0v) is 57.0. The Morgan fingerprint density at radius 1 is 0.791 bits per heavy atom. The van der Waals surface area contributed by atoms with Crippen LogP contribution in [0.25, 0.3) is 0 Å². The lowest BCUT2D eigenvalue weighted by molar-refractivity contribution is -0.143. The van der Waals surface area contributed by atoms with Crippen molar-refractivity contribution in [3.8, 4) is 34.8 Å². The van der Waals surface area contributed by atoms with Gasteiger partial charge in [-0.3, -0.25) is 9.59 Å². The van der Waals surface area contributed by atoms with Crippen molar-refractivity contribution in [2.24, 2.45) is 5.41 Å². The van der Waals surface area contributed by atoms with Gasteiger partial charge in [0.05, 0.1) is 83.7 Å². The van der Waals surface area contributed by atoms with E-state index in [4.69, 9.17) is 77.0 Å². The van der Waals surface area contributed by atoms with Crippen molar-refractivity contribution in [1.82, 2.24) is 9.57 Å². The number of ether oxygens (including phenoxy) is 7. The molecule has 16 nitrogen and oxygen atoms in total. The maximum Gasteiger partial charge on any atom is 0.340 e. The number of nitrogens with zero attached hydrogens (tertiary/aromatic N) is 3. The van der Waals surface area contributed by atoms with Crippen LogP contribution in [0.5, 0.6) is 28.7 Å². The molecule has 0 aromatic heterocycles. The molecule has 3 aliphatic rings. The third-order valence-corrected chi connectivity index (χ3v) is 19.5. The SMILES string of the molecule is COc1ccc(C(OC[C@@H]2C[C@@H](OP(OCCC#N)N(C(C)C)C(C)C)CN2C(=O)CCCCc2cc3c(cc2OC(=O)C(C)(C)C)Oc2c(cc(Cl)c(C(=O)OC(C)(C)C)c2C)C32OC(=O)c3cc(Cl)c(Cl)cc32)(c2ccccc2)c2ccc(OC)cc2)cc1. The number of likely N-dealkylation sites (tertiary alicyclic amines) is 1. The second-order valence-electron chi connectivity index (χ2n) is 25.5. The van der Waals surface area contributed by atoms with Gasteiger partial charge in [0.1, 0.15) is 39.9 Å². The van der Waals surface area contributed by atoms with Crippen LogP contribution in [0.2, 0.25) is 15.1 Å². The molecule has 9 rings (SSSR count). The van der Waals surface area contributed by atoms with E-state index >= 15 is 4.79 Å². The van der Waals surface area contributed by atoms with Crippen molar-refractivity contribution >= 4 is 67.1 Å². The average molecular weight is 1320 g/mol. The van der Waals surface area contributed by atoms with Crippen molar-refractivity contribution in [2.45, 2.75) is 156 Å². The molecular formula is C71H79Cl3N3O13P. The van der Waals surface area contributed by atoms with E-state index in [9.17, 15) is 19.6 Å². The summed E-state index contributed by atoms with van der Waals surface area (Å²) in [6.07, 6.45) is 1.33. The summed E-state index contributed by atoms with van der Waals surface area (Å²) in [5, 5.41) is 9.83. The maximum absolute atomic E-state index is 15.2. The first-order valence-electron chi connectivity index (χ1n) is 30.6. The smallest absolute Gasteiger partial charge is 0.340 e. The molecule has 0 N–H and O–H groups in total. The lowest BCUT2D eigenvalue weighted by atomic mass is 9.76. The van der Waals surface area contributed by atoms with Gasteiger partial charge in [-0.05, 0) is 173 Å². The first-order valence-corrected chi connectivity index (χ1v) is 32.8. The summed E-state index contributed by atoms with van der Waals surface area (Å²) in [5.74, 6) is -0.198. The number of hydrogen-bond donors (Lipinski definition) is 0. The largest absolute Gasteiger partial charge is 0.497 e. The second kappa shape index (κ2) is 28.2. The van der Waals surface area contributed by atoms with Crippen LogP contribution in [0.15, 0.2) is 109 Å². The van der Waals surface area contributed by atoms with E-state index in [1.807, 2.05) is 83.8 Å². The summed E-state index contributed by atoms with van der Waals surface area (Å²) in [7, 11) is 1.57. The highest BCUT2D eigenvalue weighted by molar-refractivity contribution is 7.44. The number of nitriles is 1. The highest BCUT2D eigenvalue weighted by atomic mass is 35.5. The molecule has 91 heavy (non-hydrogen) atoms. The van der Waals surface area contributed by atoms with Crippen LogP contribution >= 0.6 is 43.3 Å². The topological polar surface area (TPSA) is 182 Å². The number of aryl methyl sites for hydroxylation is 1. The van der Waals surface area contributed by atoms with E-state index in [0.717, 1.165) is 16.7 Å². The van der Waals surface area contributed by atoms with E-state index in [2.05, 4.69) is 38.4 Å². The van der Waals surface area contributed by atoms with Crippen LogP contribution in [-0.4, -0.2) is 97.2 Å². The number of carbonyl (C=O) groups excluding carboxylic acids is 4. The third kappa shape index (κ3) is 14.4. The minimum absolute atomic E-state index is 0.0228. The summed E-state index contributed by atoms with van der Waals surface area (Å²) in [5.41, 5.74) is -0.182. The lowest BCUT2D eigenvalue weighted by Gasteiger charge is -2.38. The molecule has 482 valence electrons. The molecule has 0 radical (unpaired) electrons. The minimum atomic E-state index is -1.77. The fourth-order valence-electron chi connectivity index (χ4n) is 12.0. The van der Waals surface area contributed by atoms with Crippen LogP contribution in [0, 0.1) is 23.7 Å². The summed E-state index contributed by atoms with van der Waals surface area (Å²) in [4.78, 5) is 59.2. The number of methoxy groups -OCH3 is 2. The van der Waals surface area contributed by atoms with Gasteiger partial charge in [-0.1, -0.05) is 89.4 Å². The van der Waals surface area contributed by atoms with E-state index in [1.54, 1.807) is 80.9 Å². The molecule has 6 aromatic rings. The summed E-state index contributed by atoms with van der Waals surface area (Å²) >= 11 is 20.4. The van der Waals surface area contributed by atoms with Gasteiger partial charge in [0.15, 0.2) is 5.60 Å². The number of carbonyl (C=O) groups is 4. The van der Waals surface area contributed by atoms with Crippen LogP contribution in [0.1, 0.15) is 167 Å². The Bertz CT molecular complexity index is 3660. The Hall–Kier alpha value is -6.77. The molecule has 0 aliphatic carbocycles. The standard InChI is InChI=1S/C71H79Cl3N3O13P/c1-42(2)77(43(3)4)91(85-33-19-32-75)90-52-35-49(41-84-70(46-21-15-14-16-22-46,47-24-28-50(82-12)29-25-47)48-26-30-51(83-13)31-27-48)76(40-52)62(78)23-18-17-20-45-34-55-61(39-60(45)87-67(81)68(6,7)8)86-64-44(5)63(66(80)88-69(9,10)11)59(74)38-56(64)71(55)54-37-58(73)57(72)36-53(54)65(79)89-71/h14-16,21-22,24-31,34,36-39,42-43,49,52H,17-20,23,33,35,40-41H2,1-13H3/t49-,52+,71?,91?/m0/s1. The number of rotatable bonds is 23. The van der Waals surface area contributed by atoms with Gasteiger partial charge in [-0.15, -0.1) is 0 Å². The monoisotopic (exact) mass is 1320 g/mol. The molecule has 4 atom stereocenters. The fraction of sp³-hybridized carbons (Fsp3) is 0.423. The molecule has 1 saturated heterocycles. The molecule has 0 saturated carbocycles. The zero-order valence-electron chi connectivity index (χ0n) is 53.8. The zero-order chi connectivity index (χ0) is 65.9. The normalized spacial score (nSPS) is 17.3. The Morgan fingerprint density at radius 2 is 1.40 bits per heavy atom. The van der Waals surface area contributed by atoms with Gasteiger partial charge in [0.25, 0.3) is 8.53 Å².